The summed E-state index contributed by atoms with van der Waals surface area (Å²) in [5.41, 5.74) is 6.90. The lowest BCUT2D eigenvalue weighted by molar-refractivity contribution is 0.360. The van der Waals surface area contributed by atoms with Crippen LogP contribution in [0.25, 0.3) is 0 Å². The van der Waals surface area contributed by atoms with E-state index in [-0.39, 0.29) is 5.54 Å². The quantitative estimate of drug-likeness (QED) is 0.673. The van der Waals surface area contributed by atoms with E-state index in [1.807, 2.05) is 26.2 Å². The van der Waals surface area contributed by atoms with Gasteiger partial charge in [-0.3, -0.25) is 0 Å². The molecular formula is C9H14N4. The van der Waals surface area contributed by atoms with Gasteiger partial charge in [0.15, 0.2) is 0 Å². The van der Waals surface area contributed by atoms with Gasteiger partial charge in [0, 0.05) is 31.0 Å². The molecule has 0 saturated carbocycles. The van der Waals surface area contributed by atoms with Crippen LogP contribution in [-0.2, 0) is 0 Å². The first-order valence-electron chi connectivity index (χ1n) is 4.39. The van der Waals surface area contributed by atoms with Gasteiger partial charge in [0.2, 0.25) is 5.95 Å². The van der Waals surface area contributed by atoms with Gasteiger partial charge in [-0.05, 0) is 19.4 Å². The number of aromatic nitrogens is 2. The molecule has 4 heteroatoms. The fraction of sp³-hybridized carbons (Fsp3) is 0.556. The molecule has 2 heterocycles. The molecule has 0 aromatic carbocycles. The standard InChI is InChI=1S/C9H14N4/c1-7-3-11-8(12-4-7)13-5-9(2,10)6-13/h3-4H,5-6,10H2,1-2H3. The zero-order valence-electron chi connectivity index (χ0n) is 7.99. The third kappa shape index (κ3) is 1.62. The van der Waals surface area contributed by atoms with E-state index in [4.69, 9.17) is 5.73 Å². The highest BCUT2D eigenvalue weighted by molar-refractivity contribution is 5.37. The lowest BCUT2D eigenvalue weighted by Crippen LogP contribution is -2.66. The molecule has 0 atom stereocenters. The van der Waals surface area contributed by atoms with Gasteiger partial charge in [0.25, 0.3) is 0 Å². The third-order valence-electron chi connectivity index (χ3n) is 2.15. The van der Waals surface area contributed by atoms with Gasteiger partial charge in [-0.25, -0.2) is 9.97 Å². The molecule has 1 aromatic rings. The lowest BCUT2D eigenvalue weighted by Gasteiger charge is -2.45. The van der Waals surface area contributed by atoms with Crippen LogP contribution < -0.4 is 10.6 Å². The number of hydrogen-bond donors (Lipinski definition) is 1. The van der Waals surface area contributed by atoms with E-state index in [0.29, 0.717) is 0 Å². The minimum absolute atomic E-state index is 0.0613. The summed E-state index contributed by atoms with van der Waals surface area (Å²) in [5, 5.41) is 0. The molecule has 2 rings (SSSR count). The highest BCUT2D eigenvalue weighted by Crippen LogP contribution is 2.21. The van der Waals surface area contributed by atoms with Gasteiger partial charge in [-0.2, -0.15) is 0 Å². The fourth-order valence-electron chi connectivity index (χ4n) is 1.52. The van der Waals surface area contributed by atoms with E-state index in [1.54, 1.807) is 0 Å². The minimum Gasteiger partial charge on any atom is -0.337 e. The van der Waals surface area contributed by atoms with Gasteiger partial charge >= 0.3 is 0 Å². The first-order valence-corrected chi connectivity index (χ1v) is 4.39. The summed E-state index contributed by atoms with van der Waals surface area (Å²) in [6, 6.07) is 0. The lowest BCUT2D eigenvalue weighted by atomic mass is 9.94. The Morgan fingerprint density at radius 3 is 2.38 bits per heavy atom. The normalized spacial score (nSPS) is 19.8. The minimum atomic E-state index is -0.0613. The van der Waals surface area contributed by atoms with Gasteiger partial charge in [0.05, 0.1) is 0 Å². The third-order valence-corrected chi connectivity index (χ3v) is 2.15. The van der Waals surface area contributed by atoms with E-state index in [1.165, 1.54) is 0 Å². The van der Waals surface area contributed by atoms with Crippen molar-refractivity contribution in [2.24, 2.45) is 5.73 Å². The molecule has 1 aliphatic heterocycles. The van der Waals surface area contributed by atoms with Gasteiger partial charge in [-0.15, -0.1) is 0 Å². The zero-order chi connectivity index (χ0) is 9.47. The van der Waals surface area contributed by atoms with E-state index in [9.17, 15) is 0 Å². The van der Waals surface area contributed by atoms with Crippen molar-refractivity contribution in [1.82, 2.24) is 9.97 Å². The number of nitrogens with two attached hydrogens (primary N) is 1. The molecule has 1 fully saturated rings. The molecule has 0 radical (unpaired) electrons. The molecular weight excluding hydrogens is 164 g/mol. The van der Waals surface area contributed by atoms with Gasteiger partial charge in [-0.1, -0.05) is 0 Å². The highest BCUT2D eigenvalue weighted by Gasteiger charge is 2.36. The van der Waals surface area contributed by atoms with Crippen LogP contribution in [0, 0.1) is 6.92 Å². The Kier molecular flexibility index (Phi) is 1.73. The van der Waals surface area contributed by atoms with E-state index in [2.05, 4.69) is 14.9 Å². The van der Waals surface area contributed by atoms with E-state index in [0.717, 1.165) is 24.6 Å². The molecule has 0 bridgehead atoms. The average Bonchev–Trinajstić information content (AvgIpc) is 2.01. The maximum atomic E-state index is 5.88. The molecule has 1 aliphatic rings. The molecule has 0 spiro atoms. The van der Waals surface area contributed by atoms with Crippen molar-refractivity contribution in [3.63, 3.8) is 0 Å². The number of nitrogens with zero attached hydrogens (tertiary/aromatic N) is 3. The summed E-state index contributed by atoms with van der Waals surface area (Å²) < 4.78 is 0. The van der Waals surface area contributed by atoms with Crippen LogP contribution in [0.3, 0.4) is 0 Å². The largest absolute Gasteiger partial charge is 0.337 e. The Labute approximate surface area is 77.8 Å². The van der Waals surface area contributed by atoms with Crippen LogP contribution in [0.4, 0.5) is 5.95 Å². The molecule has 13 heavy (non-hydrogen) atoms. The second-order valence-electron chi connectivity index (χ2n) is 4.07. The molecule has 1 aromatic heterocycles. The van der Waals surface area contributed by atoms with Crippen molar-refractivity contribution in [2.75, 3.05) is 18.0 Å². The van der Waals surface area contributed by atoms with Gasteiger partial charge in [0.1, 0.15) is 0 Å². The average molecular weight is 178 g/mol. The maximum absolute atomic E-state index is 5.88. The fourth-order valence-corrected chi connectivity index (χ4v) is 1.52. The summed E-state index contributed by atoms with van der Waals surface area (Å²) in [6.45, 7) is 5.71. The Morgan fingerprint density at radius 2 is 1.92 bits per heavy atom. The number of rotatable bonds is 1. The highest BCUT2D eigenvalue weighted by atomic mass is 15.3. The molecule has 2 N–H and O–H groups in total. The predicted octanol–water partition coefficient (Wildman–Crippen LogP) is 0.322. The van der Waals surface area contributed by atoms with Gasteiger partial charge < -0.3 is 10.6 Å². The maximum Gasteiger partial charge on any atom is 0.225 e. The molecule has 0 unspecified atom stereocenters. The van der Waals surface area contributed by atoms with Crippen molar-refractivity contribution >= 4 is 5.95 Å². The Bertz CT molecular complexity index is 296. The smallest absolute Gasteiger partial charge is 0.225 e. The number of aryl methyl sites for hydroxylation is 1. The zero-order valence-corrected chi connectivity index (χ0v) is 7.99. The second-order valence-corrected chi connectivity index (χ2v) is 4.07. The van der Waals surface area contributed by atoms with E-state index < -0.39 is 0 Å². The Hall–Kier alpha value is -1.16. The molecule has 4 nitrogen and oxygen atoms in total. The van der Waals surface area contributed by atoms with Crippen molar-refractivity contribution in [3.05, 3.63) is 18.0 Å². The summed E-state index contributed by atoms with van der Waals surface area (Å²) in [6.07, 6.45) is 3.66. The van der Waals surface area contributed by atoms with Crippen molar-refractivity contribution < 1.29 is 0 Å². The van der Waals surface area contributed by atoms with Crippen LogP contribution in [-0.4, -0.2) is 28.6 Å². The molecule has 0 aliphatic carbocycles. The number of anilines is 1. The predicted molar refractivity (Wildman–Crippen MR) is 51.6 cm³/mol. The topological polar surface area (TPSA) is 55.0 Å². The van der Waals surface area contributed by atoms with Crippen molar-refractivity contribution in [3.8, 4) is 0 Å². The number of hydrogen-bond acceptors (Lipinski definition) is 4. The van der Waals surface area contributed by atoms with E-state index >= 15 is 0 Å². The van der Waals surface area contributed by atoms with Crippen molar-refractivity contribution in [1.29, 1.82) is 0 Å². The second kappa shape index (κ2) is 2.67. The van der Waals surface area contributed by atoms with Crippen LogP contribution in [0.5, 0.6) is 0 Å². The first-order chi connectivity index (χ1) is 6.07. The Balaban J connectivity index is 2.08. The molecule has 1 saturated heterocycles. The summed E-state index contributed by atoms with van der Waals surface area (Å²) in [5.74, 6) is 0.786. The van der Waals surface area contributed by atoms with Crippen molar-refractivity contribution in [2.45, 2.75) is 19.4 Å². The molecule has 70 valence electrons. The van der Waals surface area contributed by atoms with Crippen LogP contribution in [0.2, 0.25) is 0 Å². The summed E-state index contributed by atoms with van der Waals surface area (Å²) >= 11 is 0. The summed E-state index contributed by atoms with van der Waals surface area (Å²) in [4.78, 5) is 10.5. The molecule has 0 amide bonds. The monoisotopic (exact) mass is 178 g/mol. The SMILES string of the molecule is Cc1cnc(N2CC(C)(N)C2)nc1. The van der Waals surface area contributed by atoms with Crippen LogP contribution >= 0.6 is 0 Å². The Morgan fingerprint density at radius 1 is 1.38 bits per heavy atom. The van der Waals surface area contributed by atoms with Crippen LogP contribution in [0.15, 0.2) is 12.4 Å². The summed E-state index contributed by atoms with van der Waals surface area (Å²) in [7, 11) is 0. The first kappa shape index (κ1) is 8.44. The van der Waals surface area contributed by atoms with Crippen LogP contribution in [0.1, 0.15) is 12.5 Å².